The van der Waals surface area contributed by atoms with Crippen LogP contribution in [0.5, 0.6) is 11.5 Å². The minimum absolute atomic E-state index is 0.0110. The molecule has 1 aliphatic heterocycles. The summed E-state index contributed by atoms with van der Waals surface area (Å²) in [7, 11) is 0. The van der Waals surface area contributed by atoms with Crippen LogP contribution in [0, 0.1) is 5.82 Å². The number of ether oxygens (including phenoxy) is 2. The second-order valence-corrected chi connectivity index (χ2v) is 4.82. The van der Waals surface area contributed by atoms with Crippen LogP contribution in [0.15, 0.2) is 42.5 Å². The third-order valence-corrected chi connectivity index (χ3v) is 3.38. The van der Waals surface area contributed by atoms with Crippen molar-refractivity contribution in [2.45, 2.75) is 19.1 Å². The fourth-order valence-corrected chi connectivity index (χ4v) is 2.38. The van der Waals surface area contributed by atoms with Gasteiger partial charge in [0.2, 0.25) is 0 Å². The van der Waals surface area contributed by atoms with Crippen LogP contribution in [0.2, 0.25) is 0 Å². The van der Waals surface area contributed by atoms with E-state index >= 15 is 0 Å². The SMILES string of the molecule is NCc1cc(F)ccc1OCC1Cc2ccccc2O1. The summed E-state index contributed by atoms with van der Waals surface area (Å²) in [6.45, 7) is 0.673. The molecule has 0 aliphatic carbocycles. The average molecular weight is 273 g/mol. The molecule has 0 spiro atoms. The zero-order chi connectivity index (χ0) is 13.9. The van der Waals surface area contributed by atoms with Gasteiger partial charge < -0.3 is 15.2 Å². The Hall–Kier alpha value is -2.07. The molecule has 0 aromatic heterocycles. The van der Waals surface area contributed by atoms with Crippen molar-refractivity contribution in [1.82, 2.24) is 0 Å². The van der Waals surface area contributed by atoms with E-state index in [1.807, 2.05) is 18.2 Å². The van der Waals surface area contributed by atoms with E-state index in [1.54, 1.807) is 6.07 Å². The summed E-state index contributed by atoms with van der Waals surface area (Å²) in [6.07, 6.45) is 0.818. The topological polar surface area (TPSA) is 44.5 Å². The Morgan fingerprint density at radius 2 is 2.10 bits per heavy atom. The molecule has 0 radical (unpaired) electrons. The molecule has 0 saturated carbocycles. The molecule has 0 saturated heterocycles. The van der Waals surface area contributed by atoms with Crippen molar-refractivity contribution in [2.75, 3.05) is 6.61 Å². The normalized spacial score (nSPS) is 16.6. The number of hydrogen-bond donors (Lipinski definition) is 1. The minimum Gasteiger partial charge on any atom is -0.489 e. The number of hydrogen-bond acceptors (Lipinski definition) is 3. The van der Waals surface area contributed by atoms with Gasteiger partial charge in [-0.3, -0.25) is 0 Å². The maximum atomic E-state index is 13.1. The van der Waals surface area contributed by atoms with Crippen LogP contribution in [-0.4, -0.2) is 12.7 Å². The Kier molecular flexibility index (Phi) is 3.56. The van der Waals surface area contributed by atoms with E-state index in [9.17, 15) is 4.39 Å². The summed E-state index contributed by atoms with van der Waals surface area (Å²) in [4.78, 5) is 0. The molecule has 0 bridgehead atoms. The summed E-state index contributed by atoms with van der Waals surface area (Å²) in [5.41, 5.74) is 7.46. The van der Waals surface area contributed by atoms with E-state index < -0.39 is 0 Å². The van der Waals surface area contributed by atoms with Crippen LogP contribution in [0.4, 0.5) is 4.39 Å². The number of rotatable bonds is 4. The van der Waals surface area contributed by atoms with Crippen LogP contribution >= 0.6 is 0 Å². The van der Waals surface area contributed by atoms with Crippen molar-refractivity contribution in [1.29, 1.82) is 0 Å². The molecule has 1 aliphatic rings. The van der Waals surface area contributed by atoms with Gasteiger partial charge in [-0.05, 0) is 29.8 Å². The predicted molar refractivity (Wildman–Crippen MR) is 74.3 cm³/mol. The van der Waals surface area contributed by atoms with Gasteiger partial charge in [0, 0.05) is 18.5 Å². The molecule has 0 fully saturated rings. The van der Waals surface area contributed by atoms with Gasteiger partial charge in [-0.25, -0.2) is 4.39 Å². The molecule has 104 valence electrons. The first-order chi connectivity index (χ1) is 9.76. The lowest BCUT2D eigenvalue weighted by Crippen LogP contribution is -2.22. The van der Waals surface area contributed by atoms with Crippen molar-refractivity contribution >= 4 is 0 Å². The van der Waals surface area contributed by atoms with Crippen molar-refractivity contribution in [3.8, 4) is 11.5 Å². The van der Waals surface area contributed by atoms with Gasteiger partial charge in [0.1, 0.15) is 30.0 Å². The van der Waals surface area contributed by atoms with E-state index in [0.717, 1.165) is 12.2 Å². The molecule has 3 nitrogen and oxygen atoms in total. The molecular weight excluding hydrogens is 257 g/mol. The van der Waals surface area contributed by atoms with Crippen molar-refractivity contribution in [2.24, 2.45) is 5.73 Å². The molecule has 2 aromatic rings. The Bertz CT molecular complexity index is 590. The van der Waals surface area contributed by atoms with E-state index in [-0.39, 0.29) is 18.5 Å². The van der Waals surface area contributed by atoms with E-state index in [1.165, 1.54) is 17.7 Å². The lowest BCUT2D eigenvalue weighted by molar-refractivity contribution is 0.147. The number of halogens is 1. The molecule has 1 heterocycles. The van der Waals surface area contributed by atoms with Crippen LogP contribution in [0.3, 0.4) is 0 Å². The number of benzene rings is 2. The van der Waals surface area contributed by atoms with Gasteiger partial charge in [0.15, 0.2) is 0 Å². The summed E-state index contributed by atoms with van der Waals surface area (Å²) in [5, 5.41) is 0. The highest BCUT2D eigenvalue weighted by molar-refractivity contribution is 5.37. The van der Waals surface area contributed by atoms with Gasteiger partial charge in [0.05, 0.1) is 0 Å². The monoisotopic (exact) mass is 273 g/mol. The van der Waals surface area contributed by atoms with Crippen LogP contribution in [-0.2, 0) is 13.0 Å². The highest BCUT2D eigenvalue weighted by Gasteiger charge is 2.23. The highest BCUT2D eigenvalue weighted by atomic mass is 19.1. The molecule has 20 heavy (non-hydrogen) atoms. The summed E-state index contributed by atoms with van der Waals surface area (Å²) in [6, 6.07) is 12.3. The van der Waals surface area contributed by atoms with Crippen LogP contribution < -0.4 is 15.2 Å². The maximum Gasteiger partial charge on any atom is 0.137 e. The molecular formula is C16H16FNO2. The smallest absolute Gasteiger partial charge is 0.137 e. The summed E-state index contributed by atoms with van der Waals surface area (Å²) in [5.74, 6) is 1.23. The van der Waals surface area contributed by atoms with Gasteiger partial charge in [0.25, 0.3) is 0 Å². The van der Waals surface area contributed by atoms with Crippen LogP contribution in [0.25, 0.3) is 0 Å². The minimum atomic E-state index is -0.303. The molecule has 0 amide bonds. The Labute approximate surface area is 117 Å². The Morgan fingerprint density at radius 3 is 2.90 bits per heavy atom. The van der Waals surface area contributed by atoms with E-state index in [0.29, 0.717) is 17.9 Å². The van der Waals surface area contributed by atoms with E-state index in [2.05, 4.69) is 6.07 Å². The number of fused-ring (bicyclic) bond motifs is 1. The first-order valence-electron chi connectivity index (χ1n) is 6.62. The Morgan fingerprint density at radius 1 is 1.25 bits per heavy atom. The standard InChI is InChI=1S/C16H16FNO2/c17-13-5-6-15(12(7-13)9-18)19-10-14-8-11-3-1-2-4-16(11)20-14/h1-7,14H,8-10,18H2. The predicted octanol–water partition coefficient (Wildman–Crippen LogP) is 2.67. The third kappa shape index (κ3) is 2.60. The highest BCUT2D eigenvalue weighted by Crippen LogP contribution is 2.29. The lowest BCUT2D eigenvalue weighted by atomic mass is 10.1. The van der Waals surface area contributed by atoms with Crippen molar-refractivity contribution < 1.29 is 13.9 Å². The zero-order valence-electron chi connectivity index (χ0n) is 11.0. The van der Waals surface area contributed by atoms with Gasteiger partial charge in [-0.2, -0.15) is 0 Å². The number of para-hydroxylation sites is 1. The lowest BCUT2D eigenvalue weighted by Gasteiger charge is -2.14. The molecule has 3 rings (SSSR count). The molecule has 1 atom stereocenters. The zero-order valence-corrected chi connectivity index (χ0v) is 11.0. The number of nitrogens with two attached hydrogens (primary N) is 1. The van der Waals surface area contributed by atoms with Gasteiger partial charge in [-0.15, -0.1) is 0 Å². The summed E-state index contributed by atoms with van der Waals surface area (Å²) < 4.78 is 24.6. The largest absolute Gasteiger partial charge is 0.489 e. The maximum absolute atomic E-state index is 13.1. The average Bonchev–Trinajstić information content (AvgIpc) is 2.88. The Balaban J connectivity index is 1.64. The molecule has 1 unspecified atom stereocenters. The van der Waals surface area contributed by atoms with E-state index in [4.69, 9.17) is 15.2 Å². The second-order valence-electron chi connectivity index (χ2n) is 4.82. The fourth-order valence-electron chi connectivity index (χ4n) is 2.38. The fraction of sp³-hybridized carbons (Fsp3) is 0.250. The first-order valence-corrected chi connectivity index (χ1v) is 6.62. The summed E-state index contributed by atoms with van der Waals surface area (Å²) >= 11 is 0. The van der Waals surface area contributed by atoms with Crippen molar-refractivity contribution in [3.05, 3.63) is 59.4 Å². The van der Waals surface area contributed by atoms with Crippen molar-refractivity contribution in [3.63, 3.8) is 0 Å². The van der Waals surface area contributed by atoms with Gasteiger partial charge >= 0.3 is 0 Å². The molecule has 2 aromatic carbocycles. The second kappa shape index (κ2) is 5.51. The van der Waals surface area contributed by atoms with Gasteiger partial charge in [-0.1, -0.05) is 18.2 Å². The third-order valence-electron chi connectivity index (χ3n) is 3.38. The molecule has 4 heteroatoms. The van der Waals surface area contributed by atoms with Crippen LogP contribution in [0.1, 0.15) is 11.1 Å². The quantitative estimate of drug-likeness (QED) is 0.931. The first kappa shape index (κ1) is 12.9. The molecule has 2 N–H and O–H groups in total.